The van der Waals surface area contributed by atoms with Crippen molar-refractivity contribution in [2.75, 3.05) is 0 Å². The van der Waals surface area contributed by atoms with Gasteiger partial charge in [-0.15, -0.1) is 0 Å². The van der Waals surface area contributed by atoms with Crippen molar-refractivity contribution in [1.29, 1.82) is 0 Å². The van der Waals surface area contributed by atoms with Crippen molar-refractivity contribution in [2.24, 2.45) is 41.4 Å². The van der Waals surface area contributed by atoms with E-state index in [9.17, 15) is 0 Å². The molecule has 0 heterocycles. The fourth-order valence-electron chi connectivity index (χ4n) is 4.03. The average molecular weight is 269 g/mol. The summed E-state index contributed by atoms with van der Waals surface area (Å²) in [5, 5.41) is 0. The molecule has 0 heteroatoms. The molecule has 0 aromatic rings. The average Bonchev–Trinajstić information content (AvgIpc) is 2.40. The van der Waals surface area contributed by atoms with Gasteiger partial charge in [0.1, 0.15) is 0 Å². The van der Waals surface area contributed by atoms with Crippen LogP contribution in [0.2, 0.25) is 0 Å². The summed E-state index contributed by atoms with van der Waals surface area (Å²) < 4.78 is 0. The van der Waals surface area contributed by atoms with Crippen LogP contribution < -0.4 is 0 Å². The molecule has 0 bridgehead atoms. The highest BCUT2D eigenvalue weighted by Gasteiger charge is 2.35. The molecule has 0 fully saturated rings. The molecule has 6 unspecified atom stereocenters. The Balaban J connectivity index is 5.12. The molecule has 19 heavy (non-hydrogen) atoms. The Hall–Kier alpha value is 0. The van der Waals surface area contributed by atoms with Crippen molar-refractivity contribution in [3.63, 3.8) is 0 Å². The first-order valence-corrected chi connectivity index (χ1v) is 8.81. The summed E-state index contributed by atoms with van der Waals surface area (Å²) in [4.78, 5) is 0. The first-order valence-electron chi connectivity index (χ1n) is 8.81. The van der Waals surface area contributed by atoms with E-state index in [1.54, 1.807) is 0 Å². The molecule has 0 aromatic heterocycles. The summed E-state index contributed by atoms with van der Waals surface area (Å²) in [7, 11) is 0. The second-order valence-electron chi connectivity index (χ2n) is 7.38. The Bertz CT molecular complexity index is 218. The molecule has 0 nitrogen and oxygen atoms in total. The number of hydrogen-bond donors (Lipinski definition) is 0. The van der Waals surface area contributed by atoms with Crippen LogP contribution in [0.4, 0.5) is 0 Å². The van der Waals surface area contributed by atoms with Gasteiger partial charge in [-0.2, -0.15) is 0 Å². The lowest BCUT2D eigenvalue weighted by molar-refractivity contribution is 0.0706. The highest BCUT2D eigenvalue weighted by Crippen LogP contribution is 2.42. The Morgan fingerprint density at radius 2 is 1.05 bits per heavy atom. The Morgan fingerprint density at radius 1 is 0.579 bits per heavy atom. The maximum absolute atomic E-state index is 2.53. The third kappa shape index (κ3) is 5.12. The highest BCUT2D eigenvalue weighted by molar-refractivity contribution is 4.83. The van der Waals surface area contributed by atoms with Crippen LogP contribution in [0.15, 0.2) is 0 Å². The van der Waals surface area contributed by atoms with Gasteiger partial charge in [0.2, 0.25) is 0 Å². The van der Waals surface area contributed by atoms with E-state index < -0.39 is 0 Å². The zero-order chi connectivity index (χ0) is 15.2. The maximum Gasteiger partial charge on any atom is -0.0329 e. The molecular weight excluding hydrogens is 228 g/mol. The normalized spacial score (nSPS) is 21.8. The van der Waals surface area contributed by atoms with Gasteiger partial charge in [0, 0.05) is 0 Å². The van der Waals surface area contributed by atoms with Crippen LogP contribution in [-0.4, -0.2) is 0 Å². The highest BCUT2D eigenvalue weighted by atomic mass is 14.4. The molecule has 116 valence electrons. The third-order valence-corrected chi connectivity index (χ3v) is 6.10. The Morgan fingerprint density at radius 3 is 1.37 bits per heavy atom. The zero-order valence-electron chi connectivity index (χ0n) is 15.2. The van der Waals surface area contributed by atoms with Gasteiger partial charge in [-0.25, -0.2) is 0 Å². The van der Waals surface area contributed by atoms with Crippen molar-refractivity contribution in [3.05, 3.63) is 0 Å². The molecule has 0 amide bonds. The Kier molecular flexibility index (Phi) is 9.03. The Labute approximate surface area is 123 Å². The molecule has 0 aliphatic rings. The van der Waals surface area contributed by atoms with Crippen molar-refractivity contribution in [2.45, 2.75) is 81.6 Å². The van der Waals surface area contributed by atoms with Gasteiger partial charge in [0.05, 0.1) is 0 Å². The first-order chi connectivity index (χ1) is 8.81. The van der Waals surface area contributed by atoms with E-state index in [0.717, 1.165) is 41.4 Å². The summed E-state index contributed by atoms with van der Waals surface area (Å²) >= 11 is 0. The van der Waals surface area contributed by atoms with E-state index in [1.807, 2.05) is 0 Å². The quantitative estimate of drug-likeness (QED) is 0.439. The maximum atomic E-state index is 2.53. The predicted octanol–water partition coefficient (Wildman–Crippen LogP) is 6.65. The SMILES string of the molecule is CCC(C)C(C)C(C)C(C(C)CC)C(CC)C(C)C. The standard InChI is InChI=1S/C19H40/c1-10-14(6)16(8)17(9)19(15(7)11-2)18(12-3)13(4)5/h13-19H,10-12H2,1-9H3. The second kappa shape index (κ2) is 9.03. The van der Waals surface area contributed by atoms with Gasteiger partial charge in [-0.05, 0) is 41.4 Å². The molecule has 0 N–H and O–H groups in total. The van der Waals surface area contributed by atoms with Crippen LogP contribution in [0.3, 0.4) is 0 Å². The largest absolute Gasteiger partial charge is 0.0651 e. The fourth-order valence-corrected chi connectivity index (χ4v) is 4.03. The molecule has 0 saturated carbocycles. The molecule has 0 radical (unpaired) electrons. The summed E-state index contributed by atoms with van der Waals surface area (Å²) in [5.41, 5.74) is 0. The van der Waals surface area contributed by atoms with Crippen molar-refractivity contribution in [1.82, 2.24) is 0 Å². The van der Waals surface area contributed by atoms with E-state index >= 15 is 0 Å². The van der Waals surface area contributed by atoms with Gasteiger partial charge in [-0.1, -0.05) is 81.6 Å². The lowest BCUT2D eigenvalue weighted by Gasteiger charge is -2.42. The smallest absolute Gasteiger partial charge is 0.0329 e. The topological polar surface area (TPSA) is 0 Å². The minimum atomic E-state index is 0.815. The van der Waals surface area contributed by atoms with E-state index in [2.05, 4.69) is 62.3 Å². The lowest BCUT2D eigenvalue weighted by Crippen LogP contribution is -2.35. The summed E-state index contributed by atoms with van der Waals surface area (Å²) in [6.45, 7) is 21.9. The van der Waals surface area contributed by atoms with Crippen LogP contribution >= 0.6 is 0 Å². The van der Waals surface area contributed by atoms with Crippen LogP contribution in [0, 0.1) is 41.4 Å². The van der Waals surface area contributed by atoms with Crippen molar-refractivity contribution in [3.8, 4) is 0 Å². The van der Waals surface area contributed by atoms with Crippen LogP contribution in [-0.2, 0) is 0 Å². The van der Waals surface area contributed by atoms with Crippen molar-refractivity contribution >= 4 is 0 Å². The molecule has 0 aliphatic heterocycles. The van der Waals surface area contributed by atoms with E-state index in [-0.39, 0.29) is 0 Å². The molecule has 6 atom stereocenters. The van der Waals surface area contributed by atoms with Crippen LogP contribution in [0.1, 0.15) is 81.6 Å². The first kappa shape index (κ1) is 19.0. The van der Waals surface area contributed by atoms with Gasteiger partial charge >= 0.3 is 0 Å². The van der Waals surface area contributed by atoms with Gasteiger partial charge in [-0.3, -0.25) is 0 Å². The molecule has 0 saturated heterocycles. The molecule has 0 rings (SSSR count). The zero-order valence-corrected chi connectivity index (χ0v) is 15.2. The van der Waals surface area contributed by atoms with Crippen molar-refractivity contribution < 1.29 is 0 Å². The van der Waals surface area contributed by atoms with Gasteiger partial charge in [0.25, 0.3) is 0 Å². The summed E-state index contributed by atoms with van der Waals surface area (Å²) in [6.07, 6.45) is 3.98. The molecule has 0 spiro atoms. The van der Waals surface area contributed by atoms with Gasteiger partial charge < -0.3 is 0 Å². The third-order valence-electron chi connectivity index (χ3n) is 6.10. The number of rotatable bonds is 9. The van der Waals surface area contributed by atoms with E-state index in [0.29, 0.717) is 0 Å². The van der Waals surface area contributed by atoms with Crippen LogP contribution in [0.5, 0.6) is 0 Å². The molecule has 0 aliphatic carbocycles. The summed E-state index contributed by atoms with van der Waals surface area (Å²) in [5.74, 6) is 5.99. The predicted molar refractivity (Wildman–Crippen MR) is 89.3 cm³/mol. The molecule has 0 aromatic carbocycles. The summed E-state index contributed by atoms with van der Waals surface area (Å²) in [6, 6.07) is 0. The lowest BCUT2D eigenvalue weighted by atomic mass is 9.64. The van der Waals surface area contributed by atoms with E-state index in [1.165, 1.54) is 19.3 Å². The molecular formula is C19H40. The number of hydrogen-bond acceptors (Lipinski definition) is 0. The van der Waals surface area contributed by atoms with Crippen LogP contribution in [0.25, 0.3) is 0 Å². The minimum absolute atomic E-state index is 0.815. The van der Waals surface area contributed by atoms with E-state index in [4.69, 9.17) is 0 Å². The minimum Gasteiger partial charge on any atom is -0.0651 e. The second-order valence-corrected chi connectivity index (χ2v) is 7.38. The fraction of sp³-hybridized carbons (Fsp3) is 1.00. The van der Waals surface area contributed by atoms with Gasteiger partial charge in [0.15, 0.2) is 0 Å². The monoisotopic (exact) mass is 268 g/mol.